The molecule has 0 aliphatic carbocycles. The first kappa shape index (κ1) is 20.4. The van der Waals surface area contributed by atoms with E-state index in [1.165, 1.54) is 18.2 Å². The number of halogens is 2. The van der Waals surface area contributed by atoms with Gasteiger partial charge in [-0.05, 0) is 36.4 Å². The monoisotopic (exact) mass is 435 g/mol. The minimum Gasteiger partial charge on any atom is -0.452 e. The van der Waals surface area contributed by atoms with Gasteiger partial charge in [-0.25, -0.2) is 14.2 Å². The standard InChI is InChI=1S/C18H11ClFN3O5S/c19-11-3-6-13(15(7-11)23(26)27)17(25)28-8-16(24)22-18-21-14(9-29-18)10-1-4-12(20)5-2-10/h1-7,9H,8H2,(H,21,22,24). The third kappa shape index (κ3) is 5.12. The van der Waals surface area contributed by atoms with Gasteiger partial charge in [-0.3, -0.25) is 20.2 Å². The van der Waals surface area contributed by atoms with Crippen LogP contribution < -0.4 is 5.32 Å². The van der Waals surface area contributed by atoms with Gasteiger partial charge in [0.05, 0.1) is 10.6 Å². The van der Waals surface area contributed by atoms with E-state index in [1.807, 2.05) is 0 Å². The van der Waals surface area contributed by atoms with Crippen LogP contribution in [0.5, 0.6) is 0 Å². The summed E-state index contributed by atoms with van der Waals surface area (Å²) in [6.07, 6.45) is 0. The Morgan fingerprint density at radius 3 is 2.66 bits per heavy atom. The lowest BCUT2D eigenvalue weighted by Crippen LogP contribution is -2.21. The van der Waals surface area contributed by atoms with Crippen molar-refractivity contribution < 1.29 is 23.6 Å². The zero-order valence-electron chi connectivity index (χ0n) is 14.4. The molecule has 0 fully saturated rings. The molecule has 0 aliphatic rings. The Labute approximate surface area is 172 Å². The van der Waals surface area contributed by atoms with Crippen LogP contribution in [-0.4, -0.2) is 28.4 Å². The third-order valence-electron chi connectivity index (χ3n) is 3.60. The first-order valence-corrected chi connectivity index (χ1v) is 9.21. The van der Waals surface area contributed by atoms with Gasteiger partial charge in [-0.2, -0.15) is 0 Å². The number of nitro groups is 1. The Morgan fingerprint density at radius 1 is 1.24 bits per heavy atom. The number of nitrogens with zero attached hydrogens (tertiary/aromatic N) is 2. The number of carbonyl (C=O) groups is 2. The Bertz CT molecular complexity index is 1090. The van der Waals surface area contributed by atoms with E-state index < -0.39 is 29.1 Å². The van der Waals surface area contributed by atoms with Gasteiger partial charge in [0.1, 0.15) is 11.4 Å². The second kappa shape index (κ2) is 8.76. The quantitative estimate of drug-likeness (QED) is 0.351. The number of anilines is 1. The fourth-order valence-corrected chi connectivity index (χ4v) is 3.18. The SMILES string of the molecule is O=C(COC(=O)c1ccc(Cl)cc1[N+](=O)[O-])Nc1nc(-c2ccc(F)cc2)cs1. The molecule has 148 valence electrons. The maximum atomic E-state index is 13.0. The number of nitro benzene ring substituents is 1. The summed E-state index contributed by atoms with van der Waals surface area (Å²) in [6, 6.07) is 9.16. The van der Waals surface area contributed by atoms with Gasteiger partial charge in [-0.1, -0.05) is 11.6 Å². The molecule has 11 heteroatoms. The molecule has 1 aromatic heterocycles. The molecule has 3 rings (SSSR count). The molecule has 0 bridgehead atoms. The fraction of sp³-hybridized carbons (Fsp3) is 0.0556. The molecule has 29 heavy (non-hydrogen) atoms. The number of hydrogen-bond acceptors (Lipinski definition) is 7. The number of ether oxygens (including phenoxy) is 1. The Balaban J connectivity index is 1.60. The van der Waals surface area contributed by atoms with Gasteiger partial charge in [0.25, 0.3) is 11.6 Å². The highest BCUT2D eigenvalue weighted by molar-refractivity contribution is 7.14. The van der Waals surface area contributed by atoms with Gasteiger partial charge < -0.3 is 4.74 Å². The van der Waals surface area contributed by atoms with Crippen LogP contribution in [0.3, 0.4) is 0 Å². The molecule has 0 saturated heterocycles. The van der Waals surface area contributed by atoms with E-state index in [2.05, 4.69) is 10.3 Å². The summed E-state index contributed by atoms with van der Waals surface area (Å²) in [4.78, 5) is 38.5. The van der Waals surface area contributed by atoms with Crippen LogP contribution in [0.25, 0.3) is 11.3 Å². The third-order valence-corrected chi connectivity index (χ3v) is 4.59. The summed E-state index contributed by atoms with van der Waals surface area (Å²) in [5, 5.41) is 15.5. The summed E-state index contributed by atoms with van der Waals surface area (Å²) in [7, 11) is 0. The van der Waals surface area contributed by atoms with Gasteiger partial charge in [-0.15, -0.1) is 11.3 Å². The lowest BCUT2D eigenvalue weighted by Gasteiger charge is -2.05. The number of nitrogens with one attached hydrogen (secondary N) is 1. The average molecular weight is 436 g/mol. The number of rotatable bonds is 6. The molecule has 0 aliphatic heterocycles. The summed E-state index contributed by atoms with van der Waals surface area (Å²) in [6.45, 7) is -0.663. The van der Waals surface area contributed by atoms with Crippen LogP contribution in [0.1, 0.15) is 10.4 Å². The summed E-state index contributed by atoms with van der Waals surface area (Å²) in [5.41, 5.74) is 0.371. The van der Waals surface area contributed by atoms with Crippen molar-refractivity contribution in [3.63, 3.8) is 0 Å². The van der Waals surface area contributed by atoms with Crippen LogP contribution >= 0.6 is 22.9 Å². The van der Waals surface area contributed by atoms with Crippen molar-refractivity contribution in [3.8, 4) is 11.3 Å². The highest BCUT2D eigenvalue weighted by atomic mass is 35.5. The topological polar surface area (TPSA) is 111 Å². The molecule has 0 radical (unpaired) electrons. The molecule has 0 saturated carbocycles. The van der Waals surface area contributed by atoms with Crippen molar-refractivity contribution in [1.29, 1.82) is 0 Å². The van der Waals surface area contributed by atoms with Gasteiger partial charge >= 0.3 is 5.97 Å². The van der Waals surface area contributed by atoms with Crippen LogP contribution in [0.15, 0.2) is 47.8 Å². The number of amides is 1. The van der Waals surface area contributed by atoms with Crippen LogP contribution in [0.4, 0.5) is 15.2 Å². The maximum Gasteiger partial charge on any atom is 0.345 e. The zero-order chi connectivity index (χ0) is 21.0. The van der Waals surface area contributed by atoms with Crippen molar-refractivity contribution in [3.05, 3.63) is 74.4 Å². The molecule has 3 aromatic rings. The van der Waals surface area contributed by atoms with Crippen molar-refractivity contribution in [2.45, 2.75) is 0 Å². The second-order valence-corrected chi connectivity index (χ2v) is 6.88. The Morgan fingerprint density at radius 2 is 1.97 bits per heavy atom. The van der Waals surface area contributed by atoms with Crippen LogP contribution in [0, 0.1) is 15.9 Å². The molecule has 2 aromatic carbocycles. The van der Waals surface area contributed by atoms with Crippen LogP contribution in [0.2, 0.25) is 5.02 Å². The Hall–Kier alpha value is -3.37. The second-order valence-electron chi connectivity index (χ2n) is 5.59. The highest BCUT2D eigenvalue weighted by Gasteiger charge is 2.22. The molecule has 0 spiro atoms. The zero-order valence-corrected chi connectivity index (χ0v) is 16.0. The fourth-order valence-electron chi connectivity index (χ4n) is 2.28. The van der Waals surface area contributed by atoms with Crippen molar-refractivity contribution >= 4 is 45.6 Å². The van der Waals surface area contributed by atoms with Crippen molar-refractivity contribution in [2.24, 2.45) is 0 Å². The van der Waals surface area contributed by atoms with Gasteiger partial charge in [0.15, 0.2) is 11.7 Å². The molecule has 0 unspecified atom stereocenters. The molecule has 1 N–H and O–H groups in total. The number of aromatic nitrogens is 1. The largest absolute Gasteiger partial charge is 0.452 e. The number of carbonyl (C=O) groups excluding carboxylic acids is 2. The van der Waals surface area contributed by atoms with E-state index in [0.29, 0.717) is 11.3 Å². The van der Waals surface area contributed by atoms with Gasteiger partial charge in [0.2, 0.25) is 0 Å². The Kier molecular flexibility index (Phi) is 6.15. The lowest BCUT2D eigenvalue weighted by molar-refractivity contribution is -0.385. The van der Waals surface area contributed by atoms with E-state index in [0.717, 1.165) is 23.5 Å². The van der Waals surface area contributed by atoms with Crippen LogP contribution in [-0.2, 0) is 9.53 Å². The predicted molar refractivity (Wildman–Crippen MR) is 105 cm³/mol. The first-order chi connectivity index (χ1) is 13.8. The van der Waals surface area contributed by atoms with Crippen molar-refractivity contribution in [1.82, 2.24) is 4.98 Å². The number of esters is 1. The van der Waals surface area contributed by atoms with E-state index >= 15 is 0 Å². The normalized spacial score (nSPS) is 10.4. The first-order valence-electron chi connectivity index (χ1n) is 7.96. The number of hydrogen-bond donors (Lipinski definition) is 1. The van der Waals surface area contributed by atoms with E-state index in [4.69, 9.17) is 16.3 Å². The maximum absolute atomic E-state index is 13.0. The molecular weight excluding hydrogens is 425 g/mol. The van der Waals surface area contributed by atoms with E-state index in [-0.39, 0.29) is 21.5 Å². The minimum atomic E-state index is -1.03. The summed E-state index contributed by atoms with van der Waals surface area (Å²) >= 11 is 6.83. The molecule has 8 nitrogen and oxygen atoms in total. The smallest absolute Gasteiger partial charge is 0.345 e. The lowest BCUT2D eigenvalue weighted by atomic mass is 10.2. The molecular formula is C18H11ClFN3O5S. The van der Waals surface area contributed by atoms with Crippen molar-refractivity contribution in [2.75, 3.05) is 11.9 Å². The molecule has 1 heterocycles. The molecule has 1 amide bonds. The predicted octanol–water partition coefficient (Wildman–Crippen LogP) is 4.31. The number of thiazole rings is 1. The number of benzene rings is 2. The highest BCUT2D eigenvalue weighted by Crippen LogP contribution is 2.26. The minimum absolute atomic E-state index is 0.0896. The van der Waals surface area contributed by atoms with E-state index in [9.17, 15) is 24.1 Å². The van der Waals surface area contributed by atoms with E-state index in [1.54, 1.807) is 17.5 Å². The van der Waals surface area contributed by atoms with Gasteiger partial charge in [0, 0.05) is 22.0 Å². The molecule has 0 atom stereocenters. The average Bonchev–Trinajstić information content (AvgIpc) is 3.15. The summed E-state index contributed by atoms with van der Waals surface area (Å²) < 4.78 is 17.8. The summed E-state index contributed by atoms with van der Waals surface area (Å²) in [5.74, 6) is -2.08.